The second-order valence-electron chi connectivity index (χ2n) is 6.73. The second kappa shape index (κ2) is 5.52. The van der Waals surface area contributed by atoms with Gasteiger partial charge in [-0.05, 0) is 72.2 Å². The average Bonchev–Trinajstić information content (AvgIpc) is 3.41. The highest BCUT2D eigenvalue weighted by atomic mass is 16.3. The van der Waals surface area contributed by atoms with Gasteiger partial charge < -0.3 is 10.8 Å². The molecule has 1 fully saturated rings. The Morgan fingerprint density at radius 2 is 1.92 bits per heavy atom. The van der Waals surface area contributed by atoms with Gasteiger partial charge in [0.2, 0.25) is 0 Å². The van der Waals surface area contributed by atoms with E-state index >= 15 is 0 Å². The van der Waals surface area contributed by atoms with Crippen molar-refractivity contribution in [3.05, 3.63) is 76.2 Å². The molecule has 2 aromatic heterocycles. The van der Waals surface area contributed by atoms with E-state index in [1.165, 1.54) is 0 Å². The minimum Gasteiger partial charge on any atom is -0.508 e. The first-order chi connectivity index (χ1) is 12.0. The predicted molar refractivity (Wildman–Crippen MR) is 102 cm³/mol. The van der Waals surface area contributed by atoms with E-state index in [9.17, 15) is 9.90 Å². The van der Waals surface area contributed by atoms with Crippen molar-refractivity contribution < 1.29 is 5.11 Å². The maximum Gasteiger partial charge on any atom is 0.266 e. The molecule has 1 aliphatic carbocycles. The molecule has 0 bridgehead atoms. The van der Waals surface area contributed by atoms with E-state index in [4.69, 9.17) is 5.73 Å². The molecule has 1 aliphatic rings. The molecule has 0 spiro atoms. The Hall–Kier alpha value is -3.01. The van der Waals surface area contributed by atoms with Gasteiger partial charge in [0, 0.05) is 11.9 Å². The standard InChI is InChI=1S/C21H20N2O2/c1-12-17(14-5-7-16(22)8-6-14)9-10-23-20(12)19(15-3-4-15)11-18(13(2)24)21(23)25/h5-11,15,24H,2-4,22H2,1H3. The molecule has 0 amide bonds. The van der Waals surface area contributed by atoms with Crippen molar-refractivity contribution >= 4 is 17.0 Å². The normalized spacial score (nSPS) is 14.0. The van der Waals surface area contributed by atoms with Crippen molar-refractivity contribution in [3.63, 3.8) is 0 Å². The monoisotopic (exact) mass is 332 g/mol. The van der Waals surface area contributed by atoms with Crippen LogP contribution in [0.15, 0.2) is 54.0 Å². The van der Waals surface area contributed by atoms with Gasteiger partial charge in [0.15, 0.2) is 0 Å². The molecule has 0 unspecified atom stereocenters. The zero-order valence-electron chi connectivity index (χ0n) is 14.1. The van der Waals surface area contributed by atoms with Crippen molar-refractivity contribution in [3.8, 4) is 11.1 Å². The second-order valence-corrected chi connectivity index (χ2v) is 6.73. The number of pyridine rings is 2. The van der Waals surface area contributed by atoms with Crippen molar-refractivity contribution in [2.75, 3.05) is 5.73 Å². The quantitative estimate of drug-likeness (QED) is 0.556. The molecule has 2 heterocycles. The van der Waals surface area contributed by atoms with Crippen LogP contribution in [-0.2, 0) is 0 Å². The fourth-order valence-corrected chi connectivity index (χ4v) is 3.48. The molecule has 1 saturated carbocycles. The maximum atomic E-state index is 12.7. The SMILES string of the molecule is C=C(O)c1cc(C2CC2)c2c(C)c(-c3ccc(N)cc3)ccn2c1=O. The Kier molecular flexibility index (Phi) is 3.42. The van der Waals surface area contributed by atoms with Crippen LogP contribution >= 0.6 is 0 Å². The Labute approximate surface area is 145 Å². The van der Waals surface area contributed by atoms with E-state index in [-0.39, 0.29) is 16.9 Å². The lowest BCUT2D eigenvalue weighted by molar-refractivity contribution is 0.512. The fraction of sp³-hybridized carbons (Fsp3) is 0.190. The summed E-state index contributed by atoms with van der Waals surface area (Å²) in [5, 5.41) is 9.80. The van der Waals surface area contributed by atoms with Gasteiger partial charge in [-0.3, -0.25) is 9.20 Å². The lowest BCUT2D eigenvalue weighted by atomic mass is 9.96. The molecule has 126 valence electrons. The van der Waals surface area contributed by atoms with E-state index in [2.05, 4.69) is 6.58 Å². The molecule has 3 aromatic rings. The summed E-state index contributed by atoms with van der Waals surface area (Å²) in [6, 6.07) is 11.5. The number of hydrogen-bond donors (Lipinski definition) is 2. The van der Waals surface area contributed by atoms with Crippen LogP contribution in [0.1, 0.15) is 35.4 Å². The van der Waals surface area contributed by atoms with Crippen LogP contribution in [0.5, 0.6) is 0 Å². The highest BCUT2D eigenvalue weighted by Gasteiger charge is 2.28. The predicted octanol–water partition coefficient (Wildman–Crippen LogP) is 4.26. The van der Waals surface area contributed by atoms with Crippen molar-refractivity contribution in [1.29, 1.82) is 0 Å². The summed E-state index contributed by atoms with van der Waals surface area (Å²) in [4.78, 5) is 12.7. The minimum absolute atomic E-state index is 0.179. The molecule has 0 saturated heterocycles. The number of aliphatic hydroxyl groups excluding tert-OH is 1. The summed E-state index contributed by atoms with van der Waals surface area (Å²) in [5.41, 5.74) is 11.8. The zero-order valence-corrected chi connectivity index (χ0v) is 14.1. The van der Waals surface area contributed by atoms with E-state index < -0.39 is 0 Å². The third-order valence-corrected chi connectivity index (χ3v) is 4.96. The number of anilines is 1. The molecular weight excluding hydrogens is 312 g/mol. The third-order valence-electron chi connectivity index (χ3n) is 4.96. The summed E-state index contributed by atoms with van der Waals surface area (Å²) in [5.74, 6) is 0.260. The van der Waals surface area contributed by atoms with Crippen LogP contribution in [0.4, 0.5) is 5.69 Å². The fourth-order valence-electron chi connectivity index (χ4n) is 3.48. The number of nitrogens with two attached hydrogens (primary N) is 1. The molecule has 3 N–H and O–H groups in total. The molecule has 0 radical (unpaired) electrons. The smallest absolute Gasteiger partial charge is 0.266 e. The first kappa shape index (κ1) is 15.5. The van der Waals surface area contributed by atoms with Crippen LogP contribution in [0.3, 0.4) is 0 Å². The number of aryl methyl sites for hydroxylation is 1. The van der Waals surface area contributed by atoms with Gasteiger partial charge in [0.05, 0.1) is 11.1 Å². The van der Waals surface area contributed by atoms with Gasteiger partial charge >= 0.3 is 0 Å². The lowest BCUT2D eigenvalue weighted by Crippen LogP contribution is -2.20. The molecule has 1 aromatic carbocycles. The third kappa shape index (κ3) is 2.50. The topological polar surface area (TPSA) is 67.7 Å². The summed E-state index contributed by atoms with van der Waals surface area (Å²) < 4.78 is 1.64. The lowest BCUT2D eigenvalue weighted by Gasteiger charge is -2.16. The highest BCUT2D eigenvalue weighted by Crippen LogP contribution is 2.43. The summed E-state index contributed by atoms with van der Waals surface area (Å²) >= 11 is 0. The summed E-state index contributed by atoms with van der Waals surface area (Å²) in [7, 11) is 0. The van der Waals surface area contributed by atoms with Gasteiger partial charge in [0.1, 0.15) is 5.76 Å². The number of hydrogen-bond acceptors (Lipinski definition) is 3. The van der Waals surface area contributed by atoms with Crippen molar-refractivity contribution in [2.45, 2.75) is 25.7 Å². The van der Waals surface area contributed by atoms with Gasteiger partial charge in [-0.1, -0.05) is 18.7 Å². The Morgan fingerprint density at radius 1 is 1.24 bits per heavy atom. The van der Waals surface area contributed by atoms with Gasteiger partial charge in [-0.25, -0.2) is 0 Å². The number of benzene rings is 1. The van der Waals surface area contributed by atoms with E-state index in [0.29, 0.717) is 5.92 Å². The first-order valence-corrected chi connectivity index (χ1v) is 8.40. The maximum absolute atomic E-state index is 12.7. The average molecular weight is 332 g/mol. The Morgan fingerprint density at radius 3 is 2.52 bits per heavy atom. The van der Waals surface area contributed by atoms with Crippen LogP contribution in [0.2, 0.25) is 0 Å². The van der Waals surface area contributed by atoms with Crippen molar-refractivity contribution in [2.24, 2.45) is 0 Å². The van der Waals surface area contributed by atoms with Crippen LogP contribution in [-0.4, -0.2) is 9.51 Å². The molecule has 4 rings (SSSR count). The largest absolute Gasteiger partial charge is 0.508 e. The van der Waals surface area contributed by atoms with Crippen LogP contribution in [0.25, 0.3) is 22.4 Å². The molecule has 0 aliphatic heterocycles. The zero-order chi connectivity index (χ0) is 17.7. The van der Waals surface area contributed by atoms with E-state index in [0.717, 1.165) is 46.3 Å². The van der Waals surface area contributed by atoms with Crippen molar-refractivity contribution in [1.82, 2.24) is 4.40 Å². The number of aromatic nitrogens is 1. The van der Waals surface area contributed by atoms with Gasteiger partial charge in [0.25, 0.3) is 5.56 Å². The summed E-state index contributed by atoms with van der Waals surface area (Å²) in [6.07, 6.45) is 4.00. The number of rotatable bonds is 3. The van der Waals surface area contributed by atoms with E-state index in [1.54, 1.807) is 10.6 Å². The first-order valence-electron chi connectivity index (χ1n) is 8.40. The summed E-state index contributed by atoms with van der Waals surface area (Å²) in [6.45, 7) is 5.58. The molecule has 25 heavy (non-hydrogen) atoms. The number of nitrogen functional groups attached to an aromatic ring is 1. The Bertz CT molecular complexity index is 1060. The number of nitrogens with zero attached hydrogens (tertiary/aromatic N) is 1. The van der Waals surface area contributed by atoms with Crippen LogP contribution in [0, 0.1) is 6.92 Å². The van der Waals surface area contributed by atoms with Gasteiger partial charge in [-0.2, -0.15) is 0 Å². The molecule has 0 atom stereocenters. The van der Waals surface area contributed by atoms with Crippen LogP contribution < -0.4 is 11.3 Å². The van der Waals surface area contributed by atoms with E-state index in [1.807, 2.05) is 43.3 Å². The van der Waals surface area contributed by atoms with Gasteiger partial charge in [-0.15, -0.1) is 0 Å². The minimum atomic E-state index is -0.237. The molecule has 4 nitrogen and oxygen atoms in total. The number of fused-ring (bicyclic) bond motifs is 1. The number of aliphatic hydroxyl groups is 1. The highest BCUT2D eigenvalue weighted by molar-refractivity contribution is 5.79. The molecular formula is C21H20N2O2. The Balaban J connectivity index is 2.05. The molecule has 4 heteroatoms.